The molecule has 18 heavy (non-hydrogen) atoms. The van der Waals surface area contributed by atoms with Crippen LogP contribution >= 0.6 is 23.1 Å². The number of hydrogen-bond donors (Lipinski definition) is 1. The normalized spacial score (nSPS) is 10.9. The van der Waals surface area contributed by atoms with Gasteiger partial charge in [0.05, 0.1) is 10.2 Å². The molecule has 90 valence electrons. The smallest absolute Gasteiger partial charge is 0.157 e. The average molecular weight is 273 g/mol. The number of hydrogen-bond acceptors (Lipinski definition) is 5. The molecule has 3 aromatic rings. The zero-order valence-corrected chi connectivity index (χ0v) is 11.2. The molecule has 0 saturated carbocycles. The minimum Gasteiger partial charge on any atom is -0.326 e. The van der Waals surface area contributed by atoms with Gasteiger partial charge in [-0.2, -0.15) is 0 Å². The van der Waals surface area contributed by atoms with Crippen LogP contribution in [0.2, 0.25) is 0 Å². The third-order valence-electron chi connectivity index (χ3n) is 2.50. The van der Waals surface area contributed by atoms with Gasteiger partial charge < -0.3 is 5.73 Å². The molecule has 0 amide bonds. The third kappa shape index (κ3) is 2.38. The Morgan fingerprint density at radius 1 is 1.17 bits per heavy atom. The van der Waals surface area contributed by atoms with Gasteiger partial charge in [-0.3, -0.25) is 0 Å². The lowest BCUT2D eigenvalue weighted by atomic mass is 10.3. The quantitative estimate of drug-likeness (QED) is 0.795. The van der Waals surface area contributed by atoms with Crippen LogP contribution in [0.5, 0.6) is 0 Å². The van der Waals surface area contributed by atoms with E-state index in [1.165, 1.54) is 4.70 Å². The minimum absolute atomic E-state index is 0.527. The van der Waals surface area contributed by atoms with Gasteiger partial charge in [0.2, 0.25) is 0 Å². The maximum Gasteiger partial charge on any atom is 0.157 e. The van der Waals surface area contributed by atoms with E-state index in [1.807, 2.05) is 36.5 Å². The number of nitrogens with two attached hydrogens (primary N) is 1. The number of para-hydroxylation sites is 1. The van der Waals surface area contributed by atoms with Crippen molar-refractivity contribution >= 4 is 33.3 Å². The molecule has 2 aromatic heterocycles. The molecular weight excluding hydrogens is 262 g/mol. The highest BCUT2D eigenvalue weighted by atomic mass is 32.2. The van der Waals surface area contributed by atoms with Crippen LogP contribution in [0.25, 0.3) is 10.2 Å². The molecular formula is C13H11N3S2. The predicted octanol–water partition coefficient (Wildman–Crippen LogP) is 3.30. The number of thiazole rings is 1. The fourth-order valence-electron chi connectivity index (χ4n) is 1.58. The Morgan fingerprint density at radius 3 is 2.78 bits per heavy atom. The van der Waals surface area contributed by atoms with Gasteiger partial charge in [-0.05, 0) is 35.5 Å². The molecule has 0 unspecified atom stereocenters. The third-order valence-corrected chi connectivity index (χ3v) is 4.55. The van der Waals surface area contributed by atoms with E-state index >= 15 is 0 Å². The second kappa shape index (κ2) is 5.06. The van der Waals surface area contributed by atoms with Crippen molar-refractivity contribution in [2.24, 2.45) is 5.73 Å². The number of rotatable bonds is 3. The second-order valence-electron chi connectivity index (χ2n) is 3.76. The molecule has 0 spiro atoms. The lowest BCUT2D eigenvalue weighted by Gasteiger charge is -1.98. The summed E-state index contributed by atoms with van der Waals surface area (Å²) in [6.45, 7) is 0.527. The lowest BCUT2D eigenvalue weighted by Crippen LogP contribution is -1.96. The molecule has 0 aliphatic rings. The van der Waals surface area contributed by atoms with Gasteiger partial charge in [-0.1, -0.05) is 18.2 Å². The minimum atomic E-state index is 0.527. The van der Waals surface area contributed by atoms with Crippen molar-refractivity contribution in [3.8, 4) is 0 Å². The van der Waals surface area contributed by atoms with E-state index in [2.05, 4.69) is 16.0 Å². The number of nitrogens with zero attached hydrogens (tertiary/aromatic N) is 2. The highest BCUT2D eigenvalue weighted by Crippen LogP contribution is 2.33. The van der Waals surface area contributed by atoms with Gasteiger partial charge in [-0.25, -0.2) is 9.97 Å². The highest BCUT2D eigenvalue weighted by molar-refractivity contribution is 8.01. The van der Waals surface area contributed by atoms with Crippen LogP contribution in [-0.2, 0) is 6.54 Å². The predicted molar refractivity (Wildman–Crippen MR) is 75.9 cm³/mol. The van der Waals surface area contributed by atoms with Crippen LogP contribution in [0, 0.1) is 0 Å². The lowest BCUT2D eigenvalue weighted by molar-refractivity contribution is 1.01. The topological polar surface area (TPSA) is 51.8 Å². The molecule has 5 heteroatoms. The Bertz CT molecular complexity index is 628. The van der Waals surface area contributed by atoms with E-state index in [0.717, 1.165) is 20.4 Å². The van der Waals surface area contributed by atoms with Crippen LogP contribution < -0.4 is 5.73 Å². The summed E-state index contributed by atoms with van der Waals surface area (Å²) in [5, 5.41) is 0.950. The van der Waals surface area contributed by atoms with E-state index < -0.39 is 0 Å². The zero-order chi connectivity index (χ0) is 12.4. The van der Waals surface area contributed by atoms with Crippen LogP contribution in [0.4, 0.5) is 0 Å². The Hall–Kier alpha value is -1.43. The van der Waals surface area contributed by atoms with Gasteiger partial charge in [-0.15, -0.1) is 11.3 Å². The van der Waals surface area contributed by atoms with Crippen molar-refractivity contribution in [3.63, 3.8) is 0 Å². The zero-order valence-electron chi connectivity index (χ0n) is 9.54. The molecule has 2 N–H and O–H groups in total. The Morgan fingerprint density at radius 2 is 2.06 bits per heavy atom. The number of aromatic nitrogens is 2. The van der Waals surface area contributed by atoms with E-state index in [-0.39, 0.29) is 0 Å². The summed E-state index contributed by atoms with van der Waals surface area (Å²) in [5.41, 5.74) is 7.64. The first kappa shape index (κ1) is 11.6. The number of fused-ring (bicyclic) bond motifs is 1. The summed E-state index contributed by atoms with van der Waals surface area (Å²) in [4.78, 5) is 8.93. The molecule has 0 radical (unpaired) electrons. The molecule has 0 aliphatic carbocycles. The summed E-state index contributed by atoms with van der Waals surface area (Å²) < 4.78 is 2.22. The van der Waals surface area contributed by atoms with Crippen molar-refractivity contribution in [3.05, 3.63) is 48.2 Å². The maximum absolute atomic E-state index is 5.55. The average Bonchev–Trinajstić information content (AvgIpc) is 2.82. The number of benzene rings is 1. The summed E-state index contributed by atoms with van der Waals surface area (Å²) in [7, 11) is 0. The van der Waals surface area contributed by atoms with Crippen molar-refractivity contribution < 1.29 is 0 Å². The van der Waals surface area contributed by atoms with Crippen LogP contribution in [0.1, 0.15) is 5.56 Å². The maximum atomic E-state index is 5.55. The molecule has 0 fully saturated rings. The van der Waals surface area contributed by atoms with Gasteiger partial charge in [0.15, 0.2) is 4.34 Å². The van der Waals surface area contributed by atoms with Crippen LogP contribution in [0.3, 0.4) is 0 Å². The van der Waals surface area contributed by atoms with Gasteiger partial charge in [0, 0.05) is 12.7 Å². The molecule has 0 aliphatic heterocycles. The van der Waals surface area contributed by atoms with E-state index in [4.69, 9.17) is 5.73 Å². The van der Waals surface area contributed by atoms with Crippen LogP contribution in [0.15, 0.2) is 52.0 Å². The van der Waals surface area contributed by atoms with Gasteiger partial charge >= 0.3 is 0 Å². The van der Waals surface area contributed by atoms with E-state index in [0.29, 0.717) is 6.54 Å². The van der Waals surface area contributed by atoms with Crippen LogP contribution in [-0.4, -0.2) is 9.97 Å². The van der Waals surface area contributed by atoms with Gasteiger partial charge in [0.25, 0.3) is 0 Å². The molecule has 2 heterocycles. The van der Waals surface area contributed by atoms with Crippen molar-refractivity contribution in [2.75, 3.05) is 0 Å². The molecule has 3 nitrogen and oxygen atoms in total. The van der Waals surface area contributed by atoms with Gasteiger partial charge in [0.1, 0.15) is 5.03 Å². The fourth-order valence-corrected chi connectivity index (χ4v) is 3.53. The first-order chi connectivity index (χ1) is 8.85. The standard InChI is InChI=1S/C13H11N3S2/c14-7-9-5-6-12(15-8-9)18-13-16-10-3-1-2-4-11(10)17-13/h1-6,8H,7,14H2. The van der Waals surface area contributed by atoms with Crippen molar-refractivity contribution in [2.45, 2.75) is 15.9 Å². The highest BCUT2D eigenvalue weighted by Gasteiger charge is 2.05. The second-order valence-corrected chi connectivity index (χ2v) is 6.06. The fraction of sp³-hybridized carbons (Fsp3) is 0.0769. The van der Waals surface area contributed by atoms with Crippen molar-refractivity contribution in [1.29, 1.82) is 0 Å². The van der Waals surface area contributed by atoms with Crippen molar-refractivity contribution in [1.82, 2.24) is 9.97 Å². The largest absolute Gasteiger partial charge is 0.326 e. The SMILES string of the molecule is NCc1ccc(Sc2nc3ccccc3s2)nc1. The Kier molecular flexibility index (Phi) is 3.27. The Balaban J connectivity index is 1.86. The van der Waals surface area contributed by atoms with E-state index in [1.54, 1.807) is 23.1 Å². The molecule has 0 bridgehead atoms. The number of pyridine rings is 1. The summed E-state index contributed by atoms with van der Waals surface area (Å²) in [5.74, 6) is 0. The monoisotopic (exact) mass is 273 g/mol. The van der Waals surface area contributed by atoms with E-state index in [9.17, 15) is 0 Å². The summed E-state index contributed by atoms with van der Waals surface area (Å²) in [6, 6.07) is 12.1. The summed E-state index contributed by atoms with van der Waals surface area (Å²) in [6.07, 6.45) is 1.82. The molecule has 3 rings (SSSR count). The molecule has 0 atom stereocenters. The first-order valence-electron chi connectivity index (χ1n) is 5.53. The Labute approximate surface area is 113 Å². The molecule has 1 aromatic carbocycles. The molecule has 0 saturated heterocycles. The first-order valence-corrected chi connectivity index (χ1v) is 7.17. The summed E-state index contributed by atoms with van der Waals surface area (Å²) >= 11 is 3.28.